The molecule has 0 aliphatic carbocycles. The van der Waals surface area contributed by atoms with Gasteiger partial charge in [0.1, 0.15) is 0 Å². The molecule has 3 N–H and O–H groups in total. The number of hydrogen-bond donors (Lipinski definition) is 2. The number of rotatable bonds is 7. The molecule has 0 atom stereocenters. The van der Waals surface area contributed by atoms with E-state index < -0.39 is 11.4 Å². The largest absolute Gasteiger partial charge is 0.355 e. The summed E-state index contributed by atoms with van der Waals surface area (Å²) in [5.74, 6) is 0.191. The second-order valence-corrected chi connectivity index (χ2v) is 7.44. The molecule has 0 amide bonds. The standard InChI is InChI=1S/C20H21Cl2N5O2/c1-13-2-4-14(5-3-13)11-26-18(24-9-8-23)25-19(28)27(20(26)29)12-15-6-7-16(21)17(22)10-15/h2-7,10H,8-9,11-12,23H2,1H3,(H,24,25,28). The first-order valence-corrected chi connectivity index (χ1v) is 9.79. The molecule has 0 fully saturated rings. The van der Waals surface area contributed by atoms with Crippen LogP contribution in [0, 0.1) is 6.92 Å². The minimum absolute atomic E-state index is 0.0343. The topological polar surface area (TPSA) is 94.9 Å². The summed E-state index contributed by atoms with van der Waals surface area (Å²) in [6, 6.07) is 12.8. The van der Waals surface area contributed by atoms with Gasteiger partial charge in [0.2, 0.25) is 5.95 Å². The van der Waals surface area contributed by atoms with Crippen molar-refractivity contribution in [2.24, 2.45) is 5.73 Å². The van der Waals surface area contributed by atoms with Gasteiger partial charge in [-0.25, -0.2) is 14.2 Å². The van der Waals surface area contributed by atoms with E-state index in [9.17, 15) is 9.59 Å². The Balaban J connectivity index is 2.04. The highest BCUT2D eigenvalue weighted by molar-refractivity contribution is 6.42. The molecule has 0 spiro atoms. The number of aromatic nitrogens is 3. The molecule has 2 aromatic carbocycles. The molecule has 0 unspecified atom stereocenters. The fourth-order valence-corrected chi connectivity index (χ4v) is 3.14. The van der Waals surface area contributed by atoms with E-state index in [4.69, 9.17) is 28.9 Å². The molecule has 0 saturated carbocycles. The zero-order valence-electron chi connectivity index (χ0n) is 15.9. The van der Waals surface area contributed by atoms with Crippen molar-refractivity contribution >= 4 is 29.2 Å². The fraction of sp³-hybridized carbons (Fsp3) is 0.250. The van der Waals surface area contributed by atoms with Crippen molar-refractivity contribution in [1.82, 2.24) is 14.1 Å². The van der Waals surface area contributed by atoms with E-state index in [1.807, 2.05) is 31.2 Å². The Labute approximate surface area is 177 Å². The molecule has 152 valence electrons. The molecule has 0 saturated heterocycles. The zero-order chi connectivity index (χ0) is 21.0. The Hall–Kier alpha value is -2.61. The first kappa shape index (κ1) is 21.1. The van der Waals surface area contributed by atoms with Gasteiger partial charge < -0.3 is 11.1 Å². The lowest BCUT2D eigenvalue weighted by atomic mass is 10.1. The van der Waals surface area contributed by atoms with Gasteiger partial charge in [-0.3, -0.25) is 4.57 Å². The molecule has 9 heteroatoms. The van der Waals surface area contributed by atoms with Gasteiger partial charge in [0.05, 0.1) is 23.1 Å². The van der Waals surface area contributed by atoms with Crippen molar-refractivity contribution < 1.29 is 0 Å². The number of benzene rings is 2. The van der Waals surface area contributed by atoms with Gasteiger partial charge in [0.25, 0.3) is 0 Å². The molecule has 3 aromatic rings. The number of nitrogens with two attached hydrogens (primary N) is 1. The minimum Gasteiger partial charge on any atom is -0.354 e. The number of aryl methyl sites for hydroxylation is 1. The van der Waals surface area contributed by atoms with Crippen molar-refractivity contribution in [2.75, 3.05) is 18.4 Å². The second-order valence-electron chi connectivity index (χ2n) is 6.62. The summed E-state index contributed by atoms with van der Waals surface area (Å²) in [5.41, 5.74) is 7.12. The SMILES string of the molecule is Cc1ccc(Cn2c(NCCN)nc(=O)n(Cc3ccc(Cl)c(Cl)c3)c2=O)cc1. The summed E-state index contributed by atoms with van der Waals surface area (Å²) in [4.78, 5) is 29.8. The highest BCUT2D eigenvalue weighted by Crippen LogP contribution is 2.22. The van der Waals surface area contributed by atoms with Crippen LogP contribution in [0.3, 0.4) is 0 Å². The maximum Gasteiger partial charge on any atom is 0.355 e. The Bertz CT molecular complexity index is 1120. The van der Waals surface area contributed by atoms with Crippen molar-refractivity contribution in [2.45, 2.75) is 20.0 Å². The average molecular weight is 434 g/mol. The van der Waals surface area contributed by atoms with Crippen LogP contribution in [0.15, 0.2) is 52.1 Å². The highest BCUT2D eigenvalue weighted by atomic mass is 35.5. The third-order valence-corrected chi connectivity index (χ3v) is 5.10. The van der Waals surface area contributed by atoms with Crippen molar-refractivity contribution in [3.63, 3.8) is 0 Å². The molecule has 0 bridgehead atoms. The van der Waals surface area contributed by atoms with Crippen LogP contribution in [0.1, 0.15) is 16.7 Å². The maximum absolute atomic E-state index is 13.2. The van der Waals surface area contributed by atoms with E-state index >= 15 is 0 Å². The average Bonchev–Trinajstić information content (AvgIpc) is 2.70. The number of nitrogens with one attached hydrogen (secondary N) is 1. The summed E-state index contributed by atoms with van der Waals surface area (Å²) in [6.45, 7) is 3.01. The first-order valence-electron chi connectivity index (χ1n) is 9.04. The summed E-state index contributed by atoms with van der Waals surface area (Å²) < 4.78 is 2.50. The summed E-state index contributed by atoms with van der Waals surface area (Å²) in [5, 5.41) is 3.71. The van der Waals surface area contributed by atoms with Crippen molar-refractivity contribution in [3.8, 4) is 0 Å². The van der Waals surface area contributed by atoms with Crippen LogP contribution < -0.4 is 22.4 Å². The van der Waals surface area contributed by atoms with Gasteiger partial charge in [-0.1, -0.05) is 59.1 Å². The Morgan fingerprint density at radius 3 is 2.28 bits per heavy atom. The predicted molar refractivity (Wildman–Crippen MR) is 116 cm³/mol. The summed E-state index contributed by atoms with van der Waals surface area (Å²) in [7, 11) is 0. The van der Waals surface area contributed by atoms with E-state index in [2.05, 4.69) is 10.3 Å². The minimum atomic E-state index is -0.652. The fourth-order valence-electron chi connectivity index (χ4n) is 2.82. The second kappa shape index (κ2) is 9.26. The zero-order valence-corrected chi connectivity index (χ0v) is 17.4. The van der Waals surface area contributed by atoms with E-state index in [-0.39, 0.29) is 19.0 Å². The molecule has 7 nitrogen and oxygen atoms in total. The molecule has 0 aliphatic heterocycles. The van der Waals surface area contributed by atoms with Gasteiger partial charge >= 0.3 is 11.4 Å². The van der Waals surface area contributed by atoms with Crippen LogP contribution in [0.25, 0.3) is 0 Å². The smallest absolute Gasteiger partial charge is 0.354 e. The molecular formula is C20H21Cl2N5O2. The van der Waals surface area contributed by atoms with Gasteiger partial charge in [0, 0.05) is 13.1 Å². The van der Waals surface area contributed by atoms with Crippen LogP contribution in [0.2, 0.25) is 10.0 Å². The van der Waals surface area contributed by atoms with E-state index in [0.29, 0.717) is 28.7 Å². The third kappa shape index (κ3) is 5.06. The molecule has 1 aromatic heterocycles. The Morgan fingerprint density at radius 1 is 0.966 bits per heavy atom. The molecule has 0 aliphatic rings. The van der Waals surface area contributed by atoms with Crippen LogP contribution in [-0.4, -0.2) is 27.2 Å². The monoisotopic (exact) mass is 433 g/mol. The van der Waals surface area contributed by atoms with Crippen LogP contribution in [0.4, 0.5) is 5.95 Å². The summed E-state index contributed by atoms with van der Waals surface area (Å²) in [6.07, 6.45) is 0. The van der Waals surface area contributed by atoms with Crippen molar-refractivity contribution in [3.05, 3.63) is 90.2 Å². The number of halogens is 2. The van der Waals surface area contributed by atoms with Crippen LogP contribution in [-0.2, 0) is 13.1 Å². The molecule has 1 heterocycles. The molecule has 3 rings (SSSR count). The van der Waals surface area contributed by atoms with Crippen LogP contribution >= 0.6 is 23.2 Å². The normalized spacial score (nSPS) is 10.9. The van der Waals surface area contributed by atoms with Crippen molar-refractivity contribution in [1.29, 1.82) is 0 Å². The molecular weight excluding hydrogens is 413 g/mol. The van der Waals surface area contributed by atoms with Gasteiger partial charge in [-0.15, -0.1) is 0 Å². The lowest BCUT2D eigenvalue weighted by Crippen LogP contribution is -2.43. The van der Waals surface area contributed by atoms with Crippen LogP contribution in [0.5, 0.6) is 0 Å². The third-order valence-electron chi connectivity index (χ3n) is 4.36. The molecule has 29 heavy (non-hydrogen) atoms. The highest BCUT2D eigenvalue weighted by Gasteiger charge is 2.14. The lowest BCUT2D eigenvalue weighted by Gasteiger charge is -2.15. The Kier molecular flexibility index (Phi) is 6.74. The Morgan fingerprint density at radius 2 is 1.62 bits per heavy atom. The van der Waals surface area contributed by atoms with Gasteiger partial charge in [0.15, 0.2) is 0 Å². The van der Waals surface area contributed by atoms with Gasteiger partial charge in [-0.2, -0.15) is 4.98 Å². The molecule has 0 radical (unpaired) electrons. The summed E-state index contributed by atoms with van der Waals surface area (Å²) >= 11 is 12.0. The maximum atomic E-state index is 13.2. The quantitative estimate of drug-likeness (QED) is 0.596. The number of anilines is 1. The lowest BCUT2D eigenvalue weighted by molar-refractivity contribution is 0.586. The predicted octanol–water partition coefficient (Wildman–Crippen LogP) is 2.49. The number of hydrogen-bond acceptors (Lipinski definition) is 5. The van der Waals surface area contributed by atoms with E-state index in [1.165, 1.54) is 4.57 Å². The first-order chi connectivity index (χ1) is 13.9. The van der Waals surface area contributed by atoms with E-state index in [0.717, 1.165) is 15.7 Å². The number of nitrogens with zero attached hydrogens (tertiary/aromatic N) is 3. The van der Waals surface area contributed by atoms with E-state index in [1.54, 1.807) is 18.2 Å². The van der Waals surface area contributed by atoms with Gasteiger partial charge in [-0.05, 0) is 30.2 Å².